The first-order valence-electron chi connectivity index (χ1n) is 12.2. The number of amides is 2. The van der Waals surface area contributed by atoms with Crippen molar-refractivity contribution in [2.45, 2.75) is 32.6 Å². The van der Waals surface area contributed by atoms with Gasteiger partial charge >= 0.3 is 6.03 Å². The summed E-state index contributed by atoms with van der Waals surface area (Å²) in [6.45, 7) is 10.3. The maximum Gasteiger partial charge on any atom is 0.323 e. The number of fused-ring (bicyclic) bond motifs is 1. The molecule has 2 aliphatic heterocycles. The third-order valence-corrected chi connectivity index (χ3v) is 7.31. The quantitative estimate of drug-likeness (QED) is 0.693. The van der Waals surface area contributed by atoms with Crippen LogP contribution >= 0.6 is 11.6 Å². The highest BCUT2D eigenvalue weighted by Crippen LogP contribution is 2.48. The van der Waals surface area contributed by atoms with E-state index in [1.54, 1.807) is 0 Å². The van der Waals surface area contributed by atoms with Crippen LogP contribution in [-0.2, 0) is 11.2 Å². The molecule has 3 aliphatic rings. The number of hydrogen-bond donors (Lipinski definition) is 2. The van der Waals surface area contributed by atoms with Crippen LogP contribution in [0.1, 0.15) is 43.0 Å². The maximum absolute atomic E-state index is 13.2. The van der Waals surface area contributed by atoms with Gasteiger partial charge in [0, 0.05) is 55.8 Å². The van der Waals surface area contributed by atoms with Crippen LogP contribution in [0.25, 0.3) is 0 Å². The number of anilines is 2. The number of nitrogens with one attached hydrogen (secondary N) is 2. The van der Waals surface area contributed by atoms with Crippen LogP contribution in [0.3, 0.4) is 0 Å². The summed E-state index contributed by atoms with van der Waals surface area (Å²) in [5, 5.41) is 7.20. The molecule has 0 radical (unpaired) electrons. The fourth-order valence-corrected chi connectivity index (χ4v) is 5.52. The van der Waals surface area contributed by atoms with Gasteiger partial charge < -0.3 is 19.9 Å². The fourth-order valence-electron chi connectivity index (χ4n) is 5.26. The number of nitrogens with zero attached hydrogens (tertiary/aromatic N) is 4. The van der Waals surface area contributed by atoms with E-state index < -0.39 is 0 Å². The third kappa shape index (κ3) is 4.85. The minimum Gasteiger partial charge on any atom is -0.378 e. The number of hydrogen-bond acceptors (Lipinski definition) is 6. The molecule has 2 aromatic rings. The molecule has 5 rings (SSSR count). The Balaban J connectivity index is 1.60. The van der Waals surface area contributed by atoms with E-state index in [9.17, 15) is 4.79 Å². The summed E-state index contributed by atoms with van der Waals surface area (Å²) in [7, 11) is 0. The summed E-state index contributed by atoms with van der Waals surface area (Å²) < 4.78 is 5.53. The minimum atomic E-state index is -0.113. The predicted molar refractivity (Wildman–Crippen MR) is 134 cm³/mol. The lowest BCUT2D eigenvalue weighted by molar-refractivity contribution is 0.122. The first-order chi connectivity index (χ1) is 16.4. The molecule has 34 heavy (non-hydrogen) atoms. The average molecular weight is 485 g/mol. The topological polar surface area (TPSA) is 82.6 Å². The van der Waals surface area contributed by atoms with Crippen molar-refractivity contribution < 1.29 is 9.53 Å². The smallest absolute Gasteiger partial charge is 0.323 e. The molecule has 2 amide bonds. The van der Waals surface area contributed by atoms with E-state index in [0.717, 1.165) is 60.9 Å². The third-order valence-electron chi connectivity index (χ3n) is 6.97. The van der Waals surface area contributed by atoms with E-state index >= 15 is 0 Å². The van der Waals surface area contributed by atoms with Crippen molar-refractivity contribution in [3.8, 4) is 0 Å². The molecule has 1 atom stereocenters. The molecule has 182 valence electrons. The molecule has 3 heterocycles. The average Bonchev–Trinajstić information content (AvgIpc) is 2.84. The van der Waals surface area contributed by atoms with Gasteiger partial charge in [-0.15, -0.1) is 0 Å². The van der Waals surface area contributed by atoms with Gasteiger partial charge in [-0.05, 0) is 29.9 Å². The molecule has 0 saturated carbocycles. The molecule has 2 fully saturated rings. The van der Waals surface area contributed by atoms with E-state index in [2.05, 4.69) is 35.4 Å². The Hall–Kier alpha value is -2.42. The Morgan fingerprint density at radius 1 is 1.15 bits per heavy atom. The van der Waals surface area contributed by atoms with Gasteiger partial charge in [-0.2, -0.15) is 4.98 Å². The molecular formula is C25H33ClN6O2. The second-order valence-electron chi connectivity index (χ2n) is 10.1. The summed E-state index contributed by atoms with van der Waals surface area (Å²) in [4.78, 5) is 27.2. The lowest BCUT2D eigenvalue weighted by Crippen LogP contribution is -2.48. The summed E-state index contributed by atoms with van der Waals surface area (Å²) >= 11 is 6.68. The van der Waals surface area contributed by atoms with Crippen LogP contribution in [0, 0.1) is 5.41 Å². The van der Waals surface area contributed by atoms with Gasteiger partial charge in [0.05, 0.1) is 18.9 Å². The first kappa shape index (κ1) is 23.3. The van der Waals surface area contributed by atoms with E-state index in [1.807, 2.05) is 23.1 Å². The van der Waals surface area contributed by atoms with Crippen LogP contribution < -0.4 is 15.5 Å². The zero-order chi connectivity index (χ0) is 23.7. The van der Waals surface area contributed by atoms with Crippen molar-refractivity contribution in [3.05, 3.63) is 46.1 Å². The van der Waals surface area contributed by atoms with Gasteiger partial charge in [-0.25, -0.2) is 9.78 Å². The van der Waals surface area contributed by atoms with Crippen LogP contribution in [0.5, 0.6) is 0 Å². The predicted octanol–water partition coefficient (Wildman–Crippen LogP) is 3.51. The lowest BCUT2D eigenvalue weighted by atomic mass is 9.69. The van der Waals surface area contributed by atoms with Gasteiger partial charge in [0.2, 0.25) is 5.95 Å². The van der Waals surface area contributed by atoms with Crippen LogP contribution in [0.2, 0.25) is 5.02 Å². The van der Waals surface area contributed by atoms with Crippen LogP contribution in [0.4, 0.5) is 16.6 Å². The van der Waals surface area contributed by atoms with Gasteiger partial charge in [-0.1, -0.05) is 43.6 Å². The molecule has 1 aliphatic carbocycles. The number of morpholine rings is 1. The number of benzene rings is 1. The number of carbonyl (C=O) groups excluding carboxylic acids is 1. The molecule has 2 N–H and O–H groups in total. The fraction of sp³-hybridized carbons (Fsp3) is 0.560. The summed E-state index contributed by atoms with van der Waals surface area (Å²) in [6, 6.07) is 7.87. The molecule has 0 spiro atoms. The van der Waals surface area contributed by atoms with Crippen molar-refractivity contribution in [3.63, 3.8) is 0 Å². The molecular weight excluding hydrogens is 452 g/mol. The van der Waals surface area contributed by atoms with E-state index in [-0.39, 0.29) is 17.4 Å². The summed E-state index contributed by atoms with van der Waals surface area (Å²) in [6.07, 6.45) is 1.72. The standard InChI is InChI=1S/C25H33ClN6O2/c1-25(2)15-18(17-5-3-4-6-19(17)26)21-20(16-25)28-23(31-11-13-34-14-12-31)29-22(21)30-24(33)32-9-7-27-8-10-32/h3-6,18,27H,7-16H2,1-2H3,(H,28,29,30,33). The maximum atomic E-state index is 13.2. The number of piperazine rings is 1. The zero-order valence-corrected chi connectivity index (χ0v) is 20.7. The van der Waals surface area contributed by atoms with Gasteiger partial charge in [0.25, 0.3) is 0 Å². The Labute approximate surface area is 206 Å². The van der Waals surface area contributed by atoms with Crippen molar-refractivity contribution in [2.75, 3.05) is 62.7 Å². The van der Waals surface area contributed by atoms with Crippen LogP contribution in [-0.4, -0.2) is 73.4 Å². The highest BCUT2D eigenvalue weighted by Gasteiger charge is 2.38. The lowest BCUT2D eigenvalue weighted by Gasteiger charge is -2.39. The normalized spacial score (nSPS) is 22.3. The molecule has 1 aromatic carbocycles. The number of carbonyl (C=O) groups is 1. The number of ether oxygens (including phenoxy) is 1. The second kappa shape index (κ2) is 9.68. The van der Waals surface area contributed by atoms with Gasteiger partial charge in [0.15, 0.2) is 0 Å². The monoisotopic (exact) mass is 484 g/mol. The molecule has 9 heteroatoms. The van der Waals surface area contributed by atoms with Crippen molar-refractivity contribution in [1.29, 1.82) is 0 Å². The zero-order valence-electron chi connectivity index (χ0n) is 19.9. The van der Waals surface area contributed by atoms with E-state index in [4.69, 9.17) is 26.3 Å². The second-order valence-corrected chi connectivity index (χ2v) is 10.5. The minimum absolute atomic E-state index is 0.00418. The SMILES string of the molecule is CC1(C)Cc2nc(N3CCOCC3)nc(NC(=O)N3CCNCC3)c2C(c2ccccc2Cl)C1. The van der Waals surface area contributed by atoms with Crippen LogP contribution in [0.15, 0.2) is 24.3 Å². The number of halogens is 1. The summed E-state index contributed by atoms with van der Waals surface area (Å²) in [5.74, 6) is 1.27. The largest absolute Gasteiger partial charge is 0.378 e. The molecule has 8 nitrogen and oxygen atoms in total. The molecule has 2 saturated heterocycles. The van der Waals surface area contributed by atoms with Gasteiger partial charge in [-0.3, -0.25) is 5.32 Å². The Morgan fingerprint density at radius 2 is 1.88 bits per heavy atom. The highest BCUT2D eigenvalue weighted by molar-refractivity contribution is 6.31. The van der Waals surface area contributed by atoms with Crippen molar-refractivity contribution in [2.24, 2.45) is 5.41 Å². The number of urea groups is 1. The molecule has 0 bridgehead atoms. The van der Waals surface area contributed by atoms with Crippen molar-refractivity contribution >= 4 is 29.4 Å². The molecule has 1 aromatic heterocycles. The van der Waals surface area contributed by atoms with E-state index in [0.29, 0.717) is 38.1 Å². The Kier molecular flexibility index (Phi) is 6.64. The number of rotatable bonds is 3. The first-order valence-corrected chi connectivity index (χ1v) is 12.5. The highest BCUT2D eigenvalue weighted by atomic mass is 35.5. The molecule has 1 unspecified atom stereocenters. The Bertz CT molecular complexity index is 1050. The number of aromatic nitrogens is 2. The Morgan fingerprint density at radius 3 is 2.62 bits per heavy atom. The summed E-state index contributed by atoms with van der Waals surface area (Å²) in [5.41, 5.74) is 3.08. The van der Waals surface area contributed by atoms with E-state index in [1.165, 1.54) is 0 Å². The van der Waals surface area contributed by atoms with Gasteiger partial charge in [0.1, 0.15) is 5.82 Å². The van der Waals surface area contributed by atoms with Crippen molar-refractivity contribution in [1.82, 2.24) is 20.2 Å².